The topological polar surface area (TPSA) is 41.1 Å². The maximum Gasteiger partial charge on any atom is 0.238 e. The second-order valence-electron chi connectivity index (χ2n) is 5.75. The van der Waals surface area contributed by atoms with Crippen molar-refractivity contribution >= 4 is 16.7 Å². The molecule has 0 unspecified atom stereocenters. The fraction of sp³-hybridized carbons (Fsp3) is 0.150. The Morgan fingerprint density at radius 3 is 2.35 bits per heavy atom. The number of aryl methyl sites for hydroxylation is 1. The lowest BCUT2D eigenvalue weighted by molar-refractivity contribution is -0.121. The van der Waals surface area contributed by atoms with E-state index < -0.39 is 0 Å². The van der Waals surface area contributed by atoms with E-state index in [4.69, 9.17) is 0 Å². The molecule has 0 heterocycles. The van der Waals surface area contributed by atoms with Crippen LogP contribution >= 0.6 is 0 Å². The molecular weight excluding hydrogens is 284 g/mol. The van der Waals surface area contributed by atoms with Gasteiger partial charge in [-0.15, -0.1) is 0 Å². The molecule has 3 heteroatoms. The van der Waals surface area contributed by atoms with E-state index >= 15 is 0 Å². The Labute approximate surface area is 136 Å². The van der Waals surface area contributed by atoms with E-state index in [1.807, 2.05) is 18.2 Å². The van der Waals surface area contributed by atoms with E-state index in [-0.39, 0.29) is 5.91 Å². The highest BCUT2D eigenvalue weighted by atomic mass is 16.2. The molecule has 0 aromatic heterocycles. The summed E-state index contributed by atoms with van der Waals surface area (Å²) < 4.78 is 0. The van der Waals surface area contributed by atoms with Gasteiger partial charge in [-0.05, 0) is 28.8 Å². The van der Waals surface area contributed by atoms with Crippen molar-refractivity contribution in [3.05, 3.63) is 83.4 Å². The summed E-state index contributed by atoms with van der Waals surface area (Å²) in [7, 11) is 0. The molecule has 3 aromatic rings. The van der Waals surface area contributed by atoms with Crippen LogP contribution in [0.25, 0.3) is 10.8 Å². The van der Waals surface area contributed by atoms with Crippen LogP contribution in [0.5, 0.6) is 0 Å². The van der Waals surface area contributed by atoms with Gasteiger partial charge in [0.1, 0.15) is 0 Å². The fourth-order valence-corrected chi connectivity index (χ4v) is 2.53. The van der Waals surface area contributed by atoms with Crippen LogP contribution < -0.4 is 10.9 Å². The zero-order chi connectivity index (χ0) is 16.1. The van der Waals surface area contributed by atoms with E-state index in [0.29, 0.717) is 13.0 Å². The first kappa shape index (κ1) is 15.3. The molecule has 0 saturated heterocycles. The predicted molar refractivity (Wildman–Crippen MR) is 93.8 cm³/mol. The van der Waals surface area contributed by atoms with Crippen LogP contribution in [0, 0.1) is 6.92 Å². The second kappa shape index (κ2) is 7.07. The Morgan fingerprint density at radius 2 is 1.57 bits per heavy atom. The molecule has 0 saturated carbocycles. The lowest BCUT2D eigenvalue weighted by Gasteiger charge is -2.08. The van der Waals surface area contributed by atoms with Crippen molar-refractivity contribution < 1.29 is 4.79 Å². The van der Waals surface area contributed by atoms with Gasteiger partial charge >= 0.3 is 0 Å². The van der Waals surface area contributed by atoms with Crippen molar-refractivity contribution in [2.75, 3.05) is 0 Å². The molecule has 23 heavy (non-hydrogen) atoms. The number of benzene rings is 3. The summed E-state index contributed by atoms with van der Waals surface area (Å²) in [5.41, 5.74) is 9.12. The molecule has 3 rings (SSSR count). The molecule has 0 aliphatic rings. The van der Waals surface area contributed by atoms with Gasteiger partial charge in [0.2, 0.25) is 5.91 Å². The number of amides is 1. The number of rotatable bonds is 5. The van der Waals surface area contributed by atoms with Crippen LogP contribution in [0.2, 0.25) is 0 Å². The smallest absolute Gasteiger partial charge is 0.238 e. The number of fused-ring (bicyclic) bond motifs is 1. The number of hydrogen-bond acceptors (Lipinski definition) is 2. The molecular formula is C20H20N2O. The van der Waals surface area contributed by atoms with Crippen molar-refractivity contribution in [3.8, 4) is 0 Å². The summed E-state index contributed by atoms with van der Waals surface area (Å²) in [5.74, 6) is -0.0348. The average molecular weight is 304 g/mol. The van der Waals surface area contributed by atoms with Crippen molar-refractivity contribution in [2.24, 2.45) is 0 Å². The predicted octanol–water partition coefficient (Wildman–Crippen LogP) is 3.51. The minimum Gasteiger partial charge on any atom is -0.291 e. The third-order valence-electron chi connectivity index (χ3n) is 3.82. The summed E-state index contributed by atoms with van der Waals surface area (Å²) in [6.07, 6.45) is 0.367. The largest absolute Gasteiger partial charge is 0.291 e. The summed E-state index contributed by atoms with van der Waals surface area (Å²) in [4.78, 5) is 12.0. The molecule has 3 nitrogen and oxygen atoms in total. The molecule has 0 atom stereocenters. The van der Waals surface area contributed by atoms with Gasteiger partial charge < -0.3 is 0 Å². The fourth-order valence-electron chi connectivity index (χ4n) is 2.53. The van der Waals surface area contributed by atoms with E-state index in [2.05, 4.69) is 66.3 Å². The first-order valence-electron chi connectivity index (χ1n) is 7.76. The van der Waals surface area contributed by atoms with Crippen molar-refractivity contribution in [3.63, 3.8) is 0 Å². The first-order chi connectivity index (χ1) is 11.2. The molecule has 3 aromatic carbocycles. The van der Waals surface area contributed by atoms with Crippen LogP contribution in [0.15, 0.2) is 66.7 Å². The van der Waals surface area contributed by atoms with Crippen LogP contribution in [-0.2, 0) is 17.8 Å². The van der Waals surface area contributed by atoms with E-state index in [9.17, 15) is 4.79 Å². The van der Waals surface area contributed by atoms with Crippen molar-refractivity contribution in [1.82, 2.24) is 10.9 Å². The minimum absolute atomic E-state index is 0.0348. The Morgan fingerprint density at radius 1 is 0.870 bits per heavy atom. The molecule has 0 aliphatic heterocycles. The number of hydrogen-bond donors (Lipinski definition) is 2. The van der Waals surface area contributed by atoms with E-state index in [0.717, 1.165) is 16.5 Å². The molecule has 0 spiro atoms. The zero-order valence-corrected chi connectivity index (χ0v) is 13.2. The van der Waals surface area contributed by atoms with Gasteiger partial charge in [0.05, 0.1) is 6.42 Å². The molecule has 116 valence electrons. The van der Waals surface area contributed by atoms with Crippen LogP contribution in [0.3, 0.4) is 0 Å². The third-order valence-corrected chi connectivity index (χ3v) is 3.82. The Bertz CT molecular complexity index is 809. The Balaban J connectivity index is 1.53. The van der Waals surface area contributed by atoms with Crippen molar-refractivity contribution in [1.29, 1.82) is 0 Å². The Kier molecular flexibility index (Phi) is 4.69. The highest BCUT2D eigenvalue weighted by Crippen LogP contribution is 2.15. The maximum absolute atomic E-state index is 12.0. The van der Waals surface area contributed by atoms with Gasteiger partial charge in [-0.2, -0.15) is 0 Å². The monoisotopic (exact) mass is 304 g/mol. The average Bonchev–Trinajstić information content (AvgIpc) is 2.56. The van der Waals surface area contributed by atoms with E-state index in [1.54, 1.807) is 0 Å². The quantitative estimate of drug-likeness (QED) is 0.708. The lowest BCUT2D eigenvalue weighted by atomic mass is 10.1. The second-order valence-corrected chi connectivity index (χ2v) is 5.75. The van der Waals surface area contributed by atoms with Crippen LogP contribution in [0.4, 0.5) is 0 Å². The summed E-state index contributed by atoms with van der Waals surface area (Å²) in [5, 5.41) is 2.35. The normalized spacial score (nSPS) is 10.7. The number of hydrazine groups is 1. The van der Waals surface area contributed by atoms with Crippen LogP contribution in [0.1, 0.15) is 16.7 Å². The van der Waals surface area contributed by atoms with Gasteiger partial charge in [0.25, 0.3) is 0 Å². The van der Waals surface area contributed by atoms with Crippen LogP contribution in [-0.4, -0.2) is 5.91 Å². The van der Waals surface area contributed by atoms with Gasteiger partial charge in [0, 0.05) is 6.54 Å². The number of nitrogens with one attached hydrogen (secondary N) is 2. The highest BCUT2D eigenvalue weighted by molar-refractivity contribution is 5.85. The number of carbonyl (C=O) groups is 1. The molecule has 0 bridgehead atoms. The molecule has 0 aliphatic carbocycles. The number of carbonyl (C=O) groups excluding carboxylic acids is 1. The van der Waals surface area contributed by atoms with Gasteiger partial charge in [-0.1, -0.05) is 72.3 Å². The molecule has 1 amide bonds. The highest BCUT2D eigenvalue weighted by Gasteiger charge is 2.04. The minimum atomic E-state index is -0.0348. The molecule has 2 N–H and O–H groups in total. The zero-order valence-electron chi connectivity index (χ0n) is 13.2. The first-order valence-corrected chi connectivity index (χ1v) is 7.76. The summed E-state index contributed by atoms with van der Waals surface area (Å²) in [6.45, 7) is 2.67. The lowest BCUT2D eigenvalue weighted by Crippen LogP contribution is -2.37. The third kappa shape index (κ3) is 4.18. The molecule has 0 fully saturated rings. The van der Waals surface area contributed by atoms with E-state index in [1.165, 1.54) is 10.9 Å². The van der Waals surface area contributed by atoms with Gasteiger partial charge in [-0.25, -0.2) is 5.43 Å². The maximum atomic E-state index is 12.0. The standard InChI is InChI=1S/C20H20N2O/c1-15-6-8-16(9-7-15)14-21-22-20(23)13-17-10-11-18-4-2-3-5-19(18)12-17/h2-12,21H,13-14H2,1H3,(H,22,23). The van der Waals surface area contributed by atoms with Gasteiger partial charge in [-0.3, -0.25) is 10.2 Å². The summed E-state index contributed by atoms with van der Waals surface area (Å²) >= 11 is 0. The Hall–Kier alpha value is -2.65. The SMILES string of the molecule is Cc1ccc(CNNC(=O)Cc2ccc3ccccc3c2)cc1. The summed E-state index contributed by atoms with van der Waals surface area (Å²) in [6, 6.07) is 22.5. The molecule has 0 radical (unpaired) electrons. The van der Waals surface area contributed by atoms with Gasteiger partial charge in [0.15, 0.2) is 0 Å². The van der Waals surface area contributed by atoms with Crippen molar-refractivity contribution in [2.45, 2.75) is 19.9 Å².